The van der Waals surface area contributed by atoms with Crippen LogP contribution in [0.5, 0.6) is 11.5 Å². The maximum Gasteiger partial charge on any atom is 0.119 e. The lowest BCUT2D eigenvalue weighted by molar-refractivity contribution is -0.125. The number of benzene rings is 4. The molecule has 0 aliphatic rings. The molecule has 2 atom stereocenters. The fourth-order valence-corrected chi connectivity index (χ4v) is 4.80. The number of aliphatic hydroxyl groups excluding tert-OH is 2. The van der Waals surface area contributed by atoms with Crippen LogP contribution < -0.4 is 9.47 Å². The smallest absolute Gasteiger partial charge is 0.119 e. The summed E-state index contributed by atoms with van der Waals surface area (Å²) in [4.78, 5) is 0. The Labute approximate surface area is 253 Å². The van der Waals surface area contributed by atoms with Gasteiger partial charge >= 0.3 is 0 Å². The average Bonchev–Trinajstić information content (AvgIpc) is 3.00. The summed E-state index contributed by atoms with van der Waals surface area (Å²) in [6, 6.07) is 34.7. The van der Waals surface area contributed by atoms with Gasteiger partial charge in [0.1, 0.15) is 36.9 Å². The van der Waals surface area contributed by atoms with Crippen LogP contribution in [-0.2, 0) is 18.5 Å². The molecule has 0 spiro atoms. The molecule has 8 nitrogen and oxygen atoms in total. The quantitative estimate of drug-likeness (QED) is 0.132. The molecule has 0 radical (unpaired) electrons. The summed E-state index contributed by atoms with van der Waals surface area (Å²) in [5.41, 5.74) is 3.81. The van der Waals surface area contributed by atoms with Crippen molar-refractivity contribution in [1.82, 2.24) is 10.1 Å². The fraction of sp³-hybridized carbons (Fsp3) is 0.314. The molecule has 0 amide bonds. The Kier molecular flexibility index (Phi) is 11.7. The zero-order valence-corrected chi connectivity index (χ0v) is 24.8. The summed E-state index contributed by atoms with van der Waals surface area (Å²) in [5.74, 6) is 1.28. The van der Waals surface area contributed by atoms with E-state index in [1.807, 2.05) is 109 Å². The number of hydroxylamine groups is 4. The largest absolute Gasteiger partial charge is 0.491 e. The van der Waals surface area contributed by atoms with Gasteiger partial charge in [-0.25, -0.2) is 0 Å². The number of hydrogen-bond donors (Lipinski definition) is 4. The second-order valence-corrected chi connectivity index (χ2v) is 11.3. The molecule has 4 aromatic carbocycles. The van der Waals surface area contributed by atoms with Crippen LogP contribution in [0.4, 0.5) is 0 Å². The van der Waals surface area contributed by atoms with Gasteiger partial charge in [-0.15, -0.1) is 0 Å². The molecule has 0 aliphatic carbocycles. The van der Waals surface area contributed by atoms with Crippen molar-refractivity contribution in [3.63, 3.8) is 0 Å². The predicted octanol–water partition coefficient (Wildman–Crippen LogP) is 5.27. The van der Waals surface area contributed by atoms with Crippen LogP contribution in [-0.4, -0.2) is 69.3 Å². The maximum atomic E-state index is 10.3. The second-order valence-electron chi connectivity index (χ2n) is 11.3. The van der Waals surface area contributed by atoms with Gasteiger partial charge in [-0.3, -0.25) is 0 Å². The number of ether oxygens (including phenoxy) is 2. The lowest BCUT2D eigenvalue weighted by Gasteiger charge is -2.27. The molecule has 8 heteroatoms. The van der Waals surface area contributed by atoms with E-state index in [9.17, 15) is 20.6 Å². The molecule has 4 rings (SSSR count). The van der Waals surface area contributed by atoms with E-state index in [1.165, 1.54) is 0 Å². The summed E-state index contributed by atoms with van der Waals surface area (Å²) in [6.45, 7) is 5.21. The first-order valence-electron chi connectivity index (χ1n) is 14.5. The van der Waals surface area contributed by atoms with Crippen LogP contribution in [0.3, 0.4) is 0 Å². The SMILES string of the molecule is CC(C)(c1ccc(OCC(O)CN(O)Cc2ccccc2)cc1)c1ccc(OCC(O)CN(O)Cc2ccccc2)cc1. The van der Waals surface area contributed by atoms with Gasteiger partial charge in [-0.1, -0.05) is 98.8 Å². The van der Waals surface area contributed by atoms with Gasteiger partial charge in [0.15, 0.2) is 0 Å². The van der Waals surface area contributed by atoms with E-state index in [4.69, 9.17) is 9.47 Å². The van der Waals surface area contributed by atoms with Crippen molar-refractivity contribution in [3.05, 3.63) is 131 Å². The third-order valence-electron chi connectivity index (χ3n) is 7.30. The van der Waals surface area contributed by atoms with E-state index < -0.39 is 12.2 Å². The molecule has 0 aromatic heterocycles. The monoisotopic (exact) mass is 586 g/mol. The van der Waals surface area contributed by atoms with E-state index in [2.05, 4.69) is 13.8 Å². The Morgan fingerprint density at radius 2 is 0.907 bits per heavy atom. The van der Waals surface area contributed by atoms with Crippen LogP contribution in [0, 0.1) is 0 Å². The molecule has 0 aliphatic heterocycles. The fourth-order valence-electron chi connectivity index (χ4n) is 4.80. The number of rotatable bonds is 16. The van der Waals surface area contributed by atoms with E-state index >= 15 is 0 Å². The van der Waals surface area contributed by atoms with Crippen molar-refractivity contribution < 1.29 is 30.1 Å². The third kappa shape index (κ3) is 10.2. The van der Waals surface area contributed by atoms with E-state index in [-0.39, 0.29) is 31.7 Å². The van der Waals surface area contributed by atoms with Gasteiger partial charge in [0, 0.05) is 18.5 Å². The van der Waals surface area contributed by atoms with Gasteiger partial charge in [0.2, 0.25) is 0 Å². The summed E-state index contributed by atoms with van der Waals surface area (Å²) in [7, 11) is 0. The molecule has 43 heavy (non-hydrogen) atoms. The minimum Gasteiger partial charge on any atom is -0.491 e. The zero-order chi connectivity index (χ0) is 30.7. The minimum absolute atomic E-state index is 0.0636. The van der Waals surface area contributed by atoms with Crippen LogP contribution in [0.1, 0.15) is 36.1 Å². The first-order chi connectivity index (χ1) is 20.7. The molecule has 228 valence electrons. The Morgan fingerprint density at radius 1 is 0.558 bits per heavy atom. The number of hydrogen-bond acceptors (Lipinski definition) is 8. The highest BCUT2D eigenvalue weighted by molar-refractivity contribution is 5.41. The Morgan fingerprint density at radius 3 is 1.26 bits per heavy atom. The zero-order valence-electron chi connectivity index (χ0n) is 24.8. The molecule has 0 heterocycles. The number of nitrogens with zero attached hydrogens (tertiary/aromatic N) is 2. The molecule has 0 bridgehead atoms. The van der Waals surface area contributed by atoms with Gasteiger partial charge in [-0.05, 0) is 46.5 Å². The maximum absolute atomic E-state index is 10.3. The van der Waals surface area contributed by atoms with Crippen LogP contribution in [0.25, 0.3) is 0 Å². The van der Waals surface area contributed by atoms with Crippen LogP contribution in [0.2, 0.25) is 0 Å². The highest BCUT2D eigenvalue weighted by Gasteiger charge is 2.23. The summed E-state index contributed by atoms with van der Waals surface area (Å²) >= 11 is 0. The Balaban J connectivity index is 1.22. The first-order valence-corrected chi connectivity index (χ1v) is 14.5. The van der Waals surface area contributed by atoms with Crippen LogP contribution in [0.15, 0.2) is 109 Å². The van der Waals surface area contributed by atoms with E-state index in [1.54, 1.807) is 0 Å². The van der Waals surface area contributed by atoms with Crippen molar-refractivity contribution in [3.8, 4) is 11.5 Å². The molecule has 4 N–H and O–H groups in total. The summed E-state index contributed by atoms with van der Waals surface area (Å²) < 4.78 is 11.5. The lowest BCUT2D eigenvalue weighted by atomic mass is 9.78. The summed E-state index contributed by atoms with van der Waals surface area (Å²) in [6.07, 6.45) is -1.69. The van der Waals surface area contributed by atoms with Crippen LogP contribution >= 0.6 is 0 Å². The lowest BCUT2D eigenvalue weighted by Crippen LogP contribution is -2.33. The molecular weight excluding hydrogens is 544 g/mol. The molecule has 0 fully saturated rings. The topological polar surface area (TPSA) is 106 Å². The normalized spacial score (nSPS) is 13.2. The minimum atomic E-state index is -0.844. The molecular formula is C35H42N2O6. The number of aliphatic hydroxyl groups is 2. The summed E-state index contributed by atoms with van der Waals surface area (Å²) in [5, 5.41) is 43.1. The van der Waals surface area contributed by atoms with Gasteiger partial charge in [0.25, 0.3) is 0 Å². The van der Waals surface area contributed by atoms with Gasteiger partial charge in [-0.2, -0.15) is 10.1 Å². The third-order valence-corrected chi connectivity index (χ3v) is 7.30. The van der Waals surface area contributed by atoms with Crippen molar-refractivity contribution in [2.24, 2.45) is 0 Å². The van der Waals surface area contributed by atoms with Crippen molar-refractivity contribution in [1.29, 1.82) is 0 Å². The molecule has 0 saturated carbocycles. The van der Waals surface area contributed by atoms with Gasteiger partial charge in [0.05, 0.1) is 13.1 Å². The van der Waals surface area contributed by atoms with E-state index in [0.29, 0.717) is 24.6 Å². The molecule has 4 aromatic rings. The van der Waals surface area contributed by atoms with Crippen molar-refractivity contribution in [2.45, 2.75) is 44.6 Å². The van der Waals surface area contributed by atoms with Crippen molar-refractivity contribution in [2.75, 3.05) is 26.3 Å². The highest BCUT2D eigenvalue weighted by atomic mass is 16.5. The van der Waals surface area contributed by atoms with Crippen molar-refractivity contribution >= 4 is 0 Å². The average molecular weight is 587 g/mol. The Hall–Kier alpha value is -3.76. The molecule has 0 saturated heterocycles. The van der Waals surface area contributed by atoms with Gasteiger partial charge < -0.3 is 30.1 Å². The van der Waals surface area contributed by atoms with E-state index in [0.717, 1.165) is 32.4 Å². The Bertz CT molecular complexity index is 1250. The standard InChI is InChI=1S/C35H42N2O6/c1-35(2,29-13-17-33(18-14-29)42-25-31(38)23-36(40)21-27-9-5-3-6-10-27)30-15-19-34(20-16-30)43-26-32(39)24-37(41)22-28-11-7-4-8-12-28/h3-20,31-32,38-41H,21-26H2,1-2H3. The first kappa shape index (κ1) is 32.2. The molecule has 2 unspecified atom stereocenters. The second kappa shape index (κ2) is 15.6. The predicted molar refractivity (Wildman–Crippen MR) is 165 cm³/mol. The highest BCUT2D eigenvalue weighted by Crippen LogP contribution is 2.33.